The first kappa shape index (κ1) is 34.8. The number of nitrogens with zero attached hydrogens (tertiary/aromatic N) is 1. The molecule has 2 heteroatoms. The fraction of sp³-hybridized carbons (Fsp3) is 0.0323. The summed E-state index contributed by atoms with van der Waals surface area (Å²) < 4.78 is 2.61. The highest BCUT2D eigenvalue weighted by Gasteiger charge is 2.54. The van der Waals surface area contributed by atoms with E-state index in [0.29, 0.717) is 0 Å². The molecule has 4 aliphatic rings. The molecule has 0 bridgehead atoms. The Morgan fingerprint density at radius 2 is 0.688 bits per heavy atom. The predicted molar refractivity (Wildman–Crippen MR) is 267 cm³/mol. The fourth-order valence-corrected chi connectivity index (χ4v) is 13.9. The van der Waals surface area contributed by atoms with Crippen LogP contribution in [0.4, 0.5) is 17.1 Å². The van der Waals surface area contributed by atoms with Crippen molar-refractivity contribution in [3.05, 3.63) is 269 Å². The molecule has 2 spiro atoms. The molecule has 0 radical (unpaired) electrons. The molecule has 64 heavy (non-hydrogen) atoms. The van der Waals surface area contributed by atoms with Gasteiger partial charge in [0.05, 0.1) is 16.5 Å². The van der Waals surface area contributed by atoms with Crippen LogP contribution in [0.25, 0.3) is 64.7 Å². The lowest BCUT2D eigenvalue weighted by Gasteiger charge is -2.33. The summed E-state index contributed by atoms with van der Waals surface area (Å²) in [4.78, 5) is 2.58. The van der Waals surface area contributed by atoms with Crippen LogP contribution < -0.4 is 4.90 Å². The van der Waals surface area contributed by atoms with Crippen LogP contribution in [-0.2, 0) is 10.8 Å². The first-order valence-electron chi connectivity index (χ1n) is 22.3. The lowest BCUT2D eigenvalue weighted by molar-refractivity contribution is 0.793. The second-order valence-electron chi connectivity index (χ2n) is 17.8. The van der Waals surface area contributed by atoms with Gasteiger partial charge in [0.1, 0.15) is 0 Å². The minimum atomic E-state index is -0.457. The van der Waals surface area contributed by atoms with Gasteiger partial charge in [-0.2, -0.15) is 0 Å². The van der Waals surface area contributed by atoms with Crippen LogP contribution >= 0.6 is 11.3 Å². The molecule has 4 aliphatic carbocycles. The third-order valence-corrected chi connectivity index (χ3v) is 16.2. The first-order valence-corrected chi connectivity index (χ1v) is 23.2. The number of thiophene rings is 1. The van der Waals surface area contributed by atoms with Gasteiger partial charge in [-0.1, -0.05) is 182 Å². The van der Waals surface area contributed by atoms with E-state index in [4.69, 9.17) is 0 Å². The van der Waals surface area contributed by atoms with E-state index >= 15 is 0 Å². The predicted octanol–water partition coefficient (Wildman–Crippen LogP) is 16.2. The number of fused-ring (bicyclic) bond motifs is 23. The summed E-state index contributed by atoms with van der Waals surface area (Å²) in [6.45, 7) is 0. The van der Waals surface area contributed by atoms with Gasteiger partial charge < -0.3 is 4.90 Å². The topological polar surface area (TPSA) is 3.24 Å². The highest BCUT2D eigenvalue weighted by atomic mass is 32.1. The molecule has 15 rings (SSSR count). The second kappa shape index (κ2) is 12.4. The molecule has 1 heterocycles. The Kier molecular flexibility index (Phi) is 6.76. The molecule has 11 aromatic rings. The number of anilines is 3. The molecule has 0 saturated heterocycles. The molecule has 0 unspecified atom stereocenters. The standard InChI is InChI=1S/C62H37NS/c1-8-23-49-40(16-1)41-17-2-9-24-50(41)61(49)54-28-13-6-22-47(54)60-55(61)29-15-30-57(60)63(38-33-35-59-48(36-38)46-21-7-14-31-58(46)64-59)39-32-34-45-44-20-5-12-27-53(44)62(56(45)37-39)51-25-10-3-18-42(51)43-19-4-11-26-52(43)62/h1-37H. The van der Waals surface area contributed by atoms with Gasteiger partial charge in [0, 0.05) is 37.1 Å². The van der Waals surface area contributed by atoms with Crippen molar-refractivity contribution < 1.29 is 0 Å². The Morgan fingerprint density at radius 3 is 1.27 bits per heavy atom. The number of rotatable bonds is 3. The Labute approximate surface area is 375 Å². The molecular formula is C62H37NS. The molecule has 296 valence electrons. The van der Waals surface area contributed by atoms with E-state index in [-0.39, 0.29) is 0 Å². The summed E-state index contributed by atoms with van der Waals surface area (Å²) in [7, 11) is 0. The maximum atomic E-state index is 2.58. The zero-order valence-electron chi connectivity index (χ0n) is 34.7. The van der Waals surface area contributed by atoms with Gasteiger partial charge in [-0.15, -0.1) is 11.3 Å². The molecule has 1 nitrogen and oxygen atoms in total. The van der Waals surface area contributed by atoms with Crippen molar-refractivity contribution in [1.29, 1.82) is 0 Å². The number of benzene rings is 10. The lowest BCUT2D eigenvalue weighted by Crippen LogP contribution is -2.26. The second-order valence-corrected chi connectivity index (χ2v) is 18.9. The van der Waals surface area contributed by atoms with Crippen molar-refractivity contribution in [2.24, 2.45) is 0 Å². The van der Waals surface area contributed by atoms with E-state index in [9.17, 15) is 0 Å². The van der Waals surface area contributed by atoms with Crippen LogP contribution in [0.3, 0.4) is 0 Å². The van der Waals surface area contributed by atoms with Crippen LogP contribution in [0.5, 0.6) is 0 Å². The molecule has 0 aliphatic heterocycles. The lowest BCUT2D eigenvalue weighted by atomic mass is 9.70. The van der Waals surface area contributed by atoms with E-state index in [1.165, 1.54) is 115 Å². The van der Waals surface area contributed by atoms with Crippen LogP contribution in [-0.4, -0.2) is 0 Å². The third kappa shape index (κ3) is 4.11. The van der Waals surface area contributed by atoms with Crippen molar-refractivity contribution in [1.82, 2.24) is 0 Å². The van der Waals surface area contributed by atoms with Crippen molar-refractivity contribution in [2.75, 3.05) is 4.90 Å². The zero-order chi connectivity index (χ0) is 41.7. The Morgan fingerprint density at radius 1 is 0.281 bits per heavy atom. The first-order chi connectivity index (χ1) is 31.8. The van der Waals surface area contributed by atoms with Crippen LogP contribution in [0, 0.1) is 0 Å². The third-order valence-electron chi connectivity index (χ3n) is 15.1. The highest BCUT2D eigenvalue weighted by Crippen LogP contribution is 2.66. The largest absolute Gasteiger partial charge is 0.310 e. The van der Waals surface area contributed by atoms with E-state index in [2.05, 4.69) is 229 Å². The summed E-state index contributed by atoms with van der Waals surface area (Å²) in [6, 6.07) is 85.2. The fourth-order valence-electron chi connectivity index (χ4n) is 12.8. The van der Waals surface area contributed by atoms with Crippen LogP contribution in [0.15, 0.2) is 224 Å². The Hall–Kier alpha value is -7.78. The minimum Gasteiger partial charge on any atom is -0.310 e. The summed E-state index contributed by atoms with van der Waals surface area (Å²) in [6.07, 6.45) is 0. The Balaban J connectivity index is 1.05. The zero-order valence-corrected chi connectivity index (χ0v) is 35.5. The number of hydrogen-bond acceptors (Lipinski definition) is 2. The van der Waals surface area contributed by atoms with Gasteiger partial charge in [0.15, 0.2) is 0 Å². The van der Waals surface area contributed by atoms with Gasteiger partial charge in [-0.05, 0) is 126 Å². The minimum absolute atomic E-state index is 0.449. The molecule has 10 aromatic carbocycles. The maximum Gasteiger partial charge on any atom is 0.0726 e. The van der Waals surface area contributed by atoms with Crippen molar-refractivity contribution in [3.63, 3.8) is 0 Å². The molecular weight excluding hydrogens is 791 g/mol. The summed E-state index contributed by atoms with van der Waals surface area (Å²) >= 11 is 1.87. The average molecular weight is 828 g/mol. The smallest absolute Gasteiger partial charge is 0.0726 e. The molecule has 0 amide bonds. The van der Waals surface area contributed by atoms with Crippen molar-refractivity contribution >= 4 is 48.6 Å². The molecule has 0 saturated carbocycles. The highest BCUT2D eigenvalue weighted by molar-refractivity contribution is 7.25. The molecule has 0 N–H and O–H groups in total. The van der Waals surface area contributed by atoms with Gasteiger partial charge in [0.2, 0.25) is 0 Å². The quantitative estimate of drug-likeness (QED) is 0.171. The Bertz CT molecular complexity index is 3720. The van der Waals surface area contributed by atoms with Gasteiger partial charge in [-0.3, -0.25) is 0 Å². The molecule has 0 atom stereocenters. The van der Waals surface area contributed by atoms with Gasteiger partial charge in [-0.25, -0.2) is 0 Å². The van der Waals surface area contributed by atoms with Crippen LogP contribution in [0.1, 0.15) is 44.5 Å². The normalized spacial score (nSPS) is 14.5. The van der Waals surface area contributed by atoms with Crippen LogP contribution in [0.2, 0.25) is 0 Å². The van der Waals surface area contributed by atoms with Crippen molar-refractivity contribution in [3.8, 4) is 44.5 Å². The van der Waals surface area contributed by atoms with E-state index in [1.54, 1.807) is 0 Å². The van der Waals surface area contributed by atoms with E-state index < -0.39 is 10.8 Å². The van der Waals surface area contributed by atoms with E-state index in [0.717, 1.165) is 11.4 Å². The molecule has 1 aromatic heterocycles. The SMILES string of the molecule is c1ccc2c(c1)-c1ccccc1C21c2ccccc2-c2ccc(N(c3ccc4sc5ccccc5c4c3)c3cccc4c3-c3ccccc3C43c4ccccc4-c4ccccc43)cc21. The van der Waals surface area contributed by atoms with Gasteiger partial charge >= 0.3 is 0 Å². The summed E-state index contributed by atoms with van der Waals surface area (Å²) in [5.41, 5.74) is 23.8. The summed E-state index contributed by atoms with van der Waals surface area (Å²) in [5, 5.41) is 2.59. The summed E-state index contributed by atoms with van der Waals surface area (Å²) in [5.74, 6) is 0. The monoisotopic (exact) mass is 827 g/mol. The average Bonchev–Trinajstić information content (AvgIpc) is 4.13. The molecule has 0 fully saturated rings. The maximum absolute atomic E-state index is 2.58. The number of hydrogen-bond donors (Lipinski definition) is 0. The van der Waals surface area contributed by atoms with Crippen molar-refractivity contribution in [2.45, 2.75) is 10.8 Å². The van der Waals surface area contributed by atoms with E-state index in [1.807, 2.05) is 11.3 Å². The van der Waals surface area contributed by atoms with Gasteiger partial charge in [0.25, 0.3) is 0 Å².